The molecule has 2 amide bonds. The highest BCUT2D eigenvalue weighted by Gasteiger charge is 2.46. The summed E-state index contributed by atoms with van der Waals surface area (Å²) >= 11 is 0. The number of sulfonamides is 1. The van der Waals surface area contributed by atoms with E-state index in [0.29, 0.717) is 54.2 Å². The van der Waals surface area contributed by atoms with Gasteiger partial charge < -0.3 is 19.7 Å². The van der Waals surface area contributed by atoms with E-state index in [1.54, 1.807) is 49.9 Å². The fraction of sp³-hybridized carbons (Fsp3) is 0.500. The van der Waals surface area contributed by atoms with Crippen molar-refractivity contribution in [1.82, 2.24) is 15.4 Å². The first-order valence-electron chi connectivity index (χ1n) is 17.0. The van der Waals surface area contributed by atoms with Crippen molar-refractivity contribution in [2.45, 2.75) is 109 Å². The summed E-state index contributed by atoms with van der Waals surface area (Å²) in [5.74, 6) is 0.623. The van der Waals surface area contributed by atoms with Crippen LogP contribution in [0.4, 0.5) is 5.82 Å². The van der Waals surface area contributed by atoms with Crippen LogP contribution in [0.15, 0.2) is 56.9 Å². The van der Waals surface area contributed by atoms with Crippen LogP contribution < -0.4 is 10.0 Å². The van der Waals surface area contributed by atoms with E-state index in [-0.39, 0.29) is 36.3 Å². The molecule has 49 heavy (non-hydrogen) atoms. The minimum atomic E-state index is -4.05. The van der Waals surface area contributed by atoms with Gasteiger partial charge in [0, 0.05) is 24.2 Å². The molecule has 5 rings (SSSR count). The average molecular weight is 694 g/mol. The molecule has 1 aliphatic carbocycles. The molecule has 1 aromatic heterocycles. The van der Waals surface area contributed by atoms with E-state index in [9.17, 15) is 23.1 Å². The minimum Gasteiger partial charge on any atom is -0.380 e. The van der Waals surface area contributed by atoms with Gasteiger partial charge in [-0.25, -0.2) is 8.42 Å². The number of amides is 2. The van der Waals surface area contributed by atoms with Crippen LogP contribution in [0.2, 0.25) is 0 Å². The number of rotatable bonds is 15. The van der Waals surface area contributed by atoms with E-state index in [1.807, 2.05) is 25.1 Å². The zero-order chi connectivity index (χ0) is 35.4. The fourth-order valence-electron chi connectivity index (χ4n) is 6.35. The van der Waals surface area contributed by atoms with Gasteiger partial charge in [0.2, 0.25) is 0 Å². The number of aliphatic hydroxyl groups is 1. The molecule has 12 nitrogen and oxygen atoms in total. The topological polar surface area (TPSA) is 163 Å². The molecule has 1 aliphatic heterocycles. The van der Waals surface area contributed by atoms with Crippen LogP contribution in [0.1, 0.15) is 88.2 Å². The van der Waals surface area contributed by atoms with Gasteiger partial charge in [0.1, 0.15) is 17.2 Å². The summed E-state index contributed by atoms with van der Waals surface area (Å²) in [5.41, 5.74) is 0.743. The number of nitrogens with one attached hydrogen (secondary N) is 2. The van der Waals surface area contributed by atoms with E-state index in [4.69, 9.17) is 14.3 Å². The molecule has 1 fully saturated rings. The van der Waals surface area contributed by atoms with E-state index in [1.165, 1.54) is 0 Å². The molecule has 2 aliphatic rings. The van der Waals surface area contributed by atoms with Gasteiger partial charge >= 0.3 is 0 Å². The molecule has 0 unspecified atom stereocenters. The first kappa shape index (κ1) is 36.2. The van der Waals surface area contributed by atoms with Crippen molar-refractivity contribution in [3.8, 4) is 11.1 Å². The fourth-order valence-corrected chi connectivity index (χ4v) is 7.63. The number of amidine groups is 1. The SMILES string of the molecule is CCCCC1=N[C@](C)(CNC(=O)C2(O)CCCC2)C(=O)N1Cc1ccc(-c2ccccc2S(=O)(=O)Nc2noc(C)c2C)c(COCC)c1. The van der Waals surface area contributed by atoms with Gasteiger partial charge in [-0.1, -0.05) is 54.9 Å². The molecular formula is C36H47N5O7S. The average Bonchev–Trinajstić information content (AvgIpc) is 3.74. The molecule has 2 heterocycles. The molecule has 0 bridgehead atoms. The third kappa shape index (κ3) is 7.73. The number of nitrogens with zero attached hydrogens (tertiary/aromatic N) is 3. The Kier molecular flexibility index (Phi) is 10.9. The van der Waals surface area contributed by atoms with E-state index < -0.39 is 27.1 Å². The quantitative estimate of drug-likeness (QED) is 0.190. The Morgan fingerprint density at radius 2 is 1.84 bits per heavy atom. The first-order valence-corrected chi connectivity index (χ1v) is 18.5. The second kappa shape index (κ2) is 14.8. The van der Waals surface area contributed by atoms with Crippen molar-refractivity contribution < 1.29 is 32.4 Å². The number of unbranched alkanes of at least 4 members (excludes halogenated alkanes) is 1. The molecule has 0 spiro atoms. The van der Waals surface area contributed by atoms with Crippen LogP contribution in [0, 0.1) is 13.8 Å². The second-order valence-electron chi connectivity index (χ2n) is 13.2. The van der Waals surface area contributed by atoms with Crippen molar-refractivity contribution in [3.05, 3.63) is 64.9 Å². The van der Waals surface area contributed by atoms with Crippen LogP contribution in [0.5, 0.6) is 0 Å². The van der Waals surface area contributed by atoms with Crippen LogP contribution in [0.3, 0.4) is 0 Å². The molecule has 0 saturated heterocycles. The molecule has 264 valence electrons. The first-order chi connectivity index (χ1) is 23.3. The van der Waals surface area contributed by atoms with Crippen molar-refractivity contribution >= 4 is 33.5 Å². The third-order valence-corrected chi connectivity index (χ3v) is 10.8. The molecule has 2 aromatic carbocycles. The Morgan fingerprint density at radius 3 is 2.51 bits per heavy atom. The van der Waals surface area contributed by atoms with Crippen LogP contribution in [-0.2, 0) is 37.5 Å². The Labute approximate surface area is 288 Å². The van der Waals surface area contributed by atoms with Crippen molar-refractivity contribution in [2.24, 2.45) is 4.99 Å². The number of aromatic nitrogens is 1. The molecule has 1 saturated carbocycles. The maximum absolute atomic E-state index is 14.0. The molecule has 3 aromatic rings. The highest BCUT2D eigenvalue weighted by Crippen LogP contribution is 2.35. The van der Waals surface area contributed by atoms with Gasteiger partial charge in [0.25, 0.3) is 21.8 Å². The number of hydrogen-bond donors (Lipinski definition) is 3. The molecule has 3 N–H and O–H groups in total. The van der Waals surface area contributed by atoms with Gasteiger partial charge in [-0.3, -0.25) is 24.2 Å². The lowest BCUT2D eigenvalue weighted by molar-refractivity contribution is -0.140. The zero-order valence-corrected chi connectivity index (χ0v) is 29.8. The van der Waals surface area contributed by atoms with Gasteiger partial charge in [-0.15, -0.1) is 0 Å². The Hall–Kier alpha value is -4.07. The summed E-state index contributed by atoms with van der Waals surface area (Å²) in [5, 5.41) is 17.4. The Balaban J connectivity index is 1.43. The predicted octanol–water partition coefficient (Wildman–Crippen LogP) is 5.41. The summed E-state index contributed by atoms with van der Waals surface area (Å²) in [4.78, 5) is 33.4. The highest BCUT2D eigenvalue weighted by molar-refractivity contribution is 7.92. The van der Waals surface area contributed by atoms with Crippen LogP contribution in [0.25, 0.3) is 11.1 Å². The number of ether oxygens (including phenoxy) is 1. The third-order valence-electron chi connectivity index (χ3n) is 9.42. The number of hydrogen-bond acceptors (Lipinski definition) is 9. The van der Waals surface area contributed by atoms with Crippen LogP contribution in [-0.4, -0.2) is 65.5 Å². The Morgan fingerprint density at radius 1 is 1.10 bits per heavy atom. The number of aryl methyl sites for hydroxylation is 1. The smallest absolute Gasteiger partial charge is 0.263 e. The summed E-state index contributed by atoms with van der Waals surface area (Å²) < 4.78 is 40.9. The maximum Gasteiger partial charge on any atom is 0.263 e. The summed E-state index contributed by atoms with van der Waals surface area (Å²) in [6.07, 6.45) is 4.76. The highest BCUT2D eigenvalue weighted by atomic mass is 32.2. The Bertz CT molecular complexity index is 1830. The lowest BCUT2D eigenvalue weighted by Crippen LogP contribution is -2.52. The lowest BCUT2D eigenvalue weighted by Gasteiger charge is -2.26. The van der Waals surface area contributed by atoms with Crippen molar-refractivity contribution in [1.29, 1.82) is 0 Å². The zero-order valence-electron chi connectivity index (χ0n) is 29.0. The number of benzene rings is 2. The summed E-state index contributed by atoms with van der Waals surface area (Å²) in [6.45, 7) is 10.0. The lowest BCUT2D eigenvalue weighted by atomic mass is 9.97. The van der Waals surface area contributed by atoms with Crippen molar-refractivity contribution in [2.75, 3.05) is 17.9 Å². The van der Waals surface area contributed by atoms with Crippen LogP contribution >= 0.6 is 0 Å². The van der Waals surface area contributed by atoms with E-state index in [0.717, 1.165) is 36.8 Å². The van der Waals surface area contributed by atoms with Gasteiger partial charge in [0.15, 0.2) is 11.4 Å². The second-order valence-corrected chi connectivity index (χ2v) is 14.8. The number of anilines is 1. The summed E-state index contributed by atoms with van der Waals surface area (Å²) in [7, 11) is -4.05. The number of carbonyl (C=O) groups is 2. The van der Waals surface area contributed by atoms with E-state index >= 15 is 0 Å². The van der Waals surface area contributed by atoms with Gasteiger partial charge in [-0.2, -0.15) is 0 Å². The normalized spacial score (nSPS) is 18.9. The molecule has 13 heteroatoms. The molecular weight excluding hydrogens is 646 g/mol. The summed E-state index contributed by atoms with van der Waals surface area (Å²) in [6, 6.07) is 12.4. The van der Waals surface area contributed by atoms with Gasteiger partial charge in [0.05, 0.1) is 24.6 Å². The van der Waals surface area contributed by atoms with Gasteiger partial charge in [-0.05, 0) is 82.6 Å². The van der Waals surface area contributed by atoms with Crippen molar-refractivity contribution in [3.63, 3.8) is 0 Å². The minimum absolute atomic E-state index is 0.0135. The molecule has 1 atom stereocenters. The monoisotopic (exact) mass is 693 g/mol. The standard InChI is InChI=1S/C36H47N5O7S/c1-6-8-15-31-38-35(5,23-37-33(42)36(44)18-11-12-19-36)34(43)41(31)21-26-16-17-28(27(20-26)22-47-7-2)29-13-9-10-14-30(29)49(45,46)40-32-24(3)25(4)48-39-32/h9-10,13-14,16-17,20,44H,6-8,11-12,15,18-19,21-23H2,1-5H3,(H,37,42)(H,39,40)/t35-/m1/s1. The maximum atomic E-state index is 14.0. The predicted molar refractivity (Wildman–Crippen MR) is 186 cm³/mol. The molecule has 0 radical (unpaired) electrons. The van der Waals surface area contributed by atoms with E-state index in [2.05, 4.69) is 22.1 Å². The number of aliphatic imine (C=N–C) groups is 1. The largest absolute Gasteiger partial charge is 0.380 e. The number of carbonyl (C=O) groups excluding carboxylic acids is 2.